The fourth-order valence-corrected chi connectivity index (χ4v) is 13.6. The van der Waals surface area contributed by atoms with Crippen molar-refractivity contribution in [2.75, 3.05) is 67.5 Å². The molecule has 8 aliphatic rings. The Morgan fingerprint density at radius 2 is 1.61 bits per heavy atom. The molecule has 4 aromatic rings. The van der Waals surface area contributed by atoms with Crippen molar-refractivity contribution in [2.24, 2.45) is 11.3 Å². The number of imide groups is 1. The second-order valence-electron chi connectivity index (χ2n) is 23.7. The van der Waals surface area contributed by atoms with Crippen molar-refractivity contribution in [1.29, 1.82) is 0 Å². The minimum atomic E-state index is -0.795. The Kier molecular flexibility index (Phi) is 12.8. The second kappa shape index (κ2) is 19.3. The van der Waals surface area contributed by atoms with E-state index in [4.69, 9.17) is 9.97 Å². The van der Waals surface area contributed by atoms with Crippen LogP contribution in [0.2, 0.25) is 0 Å². The summed E-state index contributed by atoms with van der Waals surface area (Å²) in [5, 5.41) is 6.11. The first-order valence-electron chi connectivity index (χ1n) is 27.9. The molecule has 0 radical (unpaired) electrons. The number of pyridine rings is 2. The zero-order valence-corrected chi connectivity index (χ0v) is 43.4. The van der Waals surface area contributed by atoms with E-state index in [2.05, 4.69) is 79.9 Å². The standard InChI is InChI=1S/C57H72FN11O5/c1-35(2)68-34-60-46-31-45(62-52(51(46)68)61-40-8-9-40)37-6-11-44-47(28-37)69(42-29-41(30-42)67-20-4-5-39(58)33-67)55(74)57(44)18-25-66(26-19-57)54(73)56(3)16-23-65(24-17-56)50(71)27-36-14-21-64(22-15-36)48-12-7-38(32-59-48)43-10-13-49(70)63-53(43)72/h6-7,11-12,28,31-32,34-36,39-43H,4-5,8-10,13-27,29-30,33H2,1-3H3,(H,61,62)(H,63,70,72)/t39-,41?,42?,43?/m0/s1. The van der Waals surface area contributed by atoms with Crippen LogP contribution in [0.4, 0.5) is 21.7 Å². The fourth-order valence-electron chi connectivity index (χ4n) is 13.6. The number of halogens is 1. The molecule has 6 aliphatic heterocycles. The van der Waals surface area contributed by atoms with E-state index in [1.165, 1.54) is 0 Å². The largest absolute Gasteiger partial charge is 0.366 e. The molecule has 7 fully saturated rings. The number of carbonyl (C=O) groups is 5. The number of fused-ring (bicyclic) bond motifs is 3. The first-order chi connectivity index (χ1) is 35.7. The summed E-state index contributed by atoms with van der Waals surface area (Å²) < 4.78 is 16.8. The van der Waals surface area contributed by atoms with Crippen molar-refractivity contribution >= 4 is 57.9 Å². The first kappa shape index (κ1) is 48.9. The lowest BCUT2D eigenvalue weighted by molar-refractivity contribution is -0.149. The quantitative estimate of drug-likeness (QED) is 0.145. The molecule has 74 heavy (non-hydrogen) atoms. The number of anilines is 3. The number of likely N-dealkylation sites (tertiary alicyclic amines) is 3. The number of piperidine rings is 5. The fraction of sp³-hybridized carbons (Fsp3) is 0.614. The summed E-state index contributed by atoms with van der Waals surface area (Å²) in [6.45, 7) is 11.4. The molecule has 2 N–H and O–H groups in total. The molecule has 9 heterocycles. The molecule has 5 saturated heterocycles. The predicted octanol–water partition coefficient (Wildman–Crippen LogP) is 7.28. The number of alkyl halides is 1. The summed E-state index contributed by atoms with van der Waals surface area (Å²) in [7, 11) is 0. The number of nitrogens with one attached hydrogen (secondary N) is 2. The minimum absolute atomic E-state index is 0.0137. The van der Waals surface area contributed by atoms with Crippen molar-refractivity contribution in [3.63, 3.8) is 0 Å². The van der Waals surface area contributed by atoms with Crippen LogP contribution in [0.1, 0.15) is 140 Å². The molecular formula is C57H72FN11O5. The Bertz CT molecular complexity index is 2840. The summed E-state index contributed by atoms with van der Waals surface area (Å²) >= 11 is 0. The van der Waals surface area contributed by atoms with Gasteiger partial charge in [-0.1, -0.05) is 25.1 Å². The summed E-state index contributed by atoms with van der Waals surface area (Å²) in [5.41, 5.74) is 5.09. The lowest BCUT2D eigenvalue weighted by Crippen LogP contribution is -2.59. The third kappa shape index (κ3) is 9.01. The lowest BCUT2D eigenvalue weighted by atomic mass is 9.72. The van der Waals surface area contributed by atoms with Crippen LogP contribution in [-0.4, -0.2) is 140 Å². The molecule has 2 atom stereocenters. The molecule has 5 amide bonds. The van der Waals surface area contributed by atoms with Crippen LogP contribution in [0.25, 0.3) is 22.3 Å². The Labute approximate surface area is 433 Å². The summed E-state index contributed by atoms with van der Waals surface area (Å²) in [4.78, 5) is 92.9. The minimum Gasteiger partial charge on any atom is -0.366 e. The number of benzene rings is 1. The molecule has 3 aromatic heterocycles. The van der Waals surface area contributed by atoms with Gasteiger partial charge < -0.3 is 29.5 Å². The van der Waals surface area contributed by atoms with E-state index in [9.17, 15) is 23.6 Å². The van der Waals surface area contributed by atoms with Crippen LogP contribution in [0, 0.1) is 11.3 Å². The van der Waals surface area contributed by atoms with Gasteiger partial charge in [0, 0.05) is 106 Å². The van der Waals surface area contributed by atoms with Gasteiger partial charge in [0.1, 0.15) is 17.5 Å². The van der Waals surface area contributed by atoms with Crippen molar-refractivity contribution in [1.82, 2.24) is 39.5 Å². The highest BCUT2D eigenvalue weighted by molar-refractivity contribution is 6.09. The van der Waals surface area contributed by atoms with Crippen molar-refractivity contribution < 1.29 is 28.4 Å². The molecule has 12 rings (SSSR count). The van der Waals surface area contributed by atoms with Crippen LogP contribution in [0.3, 0.4) is 0 Å². The van der Waals surface area contributed by atoms with Gasteiger partial charge in [-0.2, -0.15) is 0 Å². The van der Waals surface area contributed by atoms with Gasteiger partial charge in [0.15, 0.2) is 5.82 Å². The zero-order chi connectivity index (χ0) is 51.0. The van der Waals surface area contributed by atoms with Gasteiger partial charge in [-0.25, -0.2) is 19.3 Å². The number of nitrogens with zero attached hydrogens (tertiary/aromatic N) is 9. The number of aromatic nitrogens is 4. The zero-order valence-electron chi connectivity index (χ0n) is 43.4. The number of hydrogen-bond donors (Lipinski definition) is 2. The molecule has 1 spiro atoms. The van der Waals surface area contributed by atoms with Gasteiger partial charge in [-0.3, -0.25) is 34.2 Å². The maximum absolute atomic E-state index is 15.3. The molecule has 392 valence electrons. The van der Waals surface area contributed by atoms with Crippen LogP contribution in [-0.2, 0) is 29.4 Å². The van der Waals surface area contributed by atoms with Gasteiger partial charge >= 0.3 is 0 Å². The number of hydrogen-bond acceptors (Lipinski definition) is 11. The van der Waals surface area contributed by atoms with E-state index < -0.39 is 17.0 Å². The lowest BCUT2D eigenvalue weighted by Gasteiger charge is -2.49. The Morgan fingerprint density at radius 3 is 2.30 bits per heavy atom. The van der Waals surface area contributed by atoms with Crippen LogP contribution in [0.5, 0.6) is 0 Å². The molecule has 2 saturated carbocycles. The average molecular weight is 1010 g/mol. The van der Waals surface area contributed by atoms with Gasteiger partial charge in [0.05, 0.1) is 28.9 Å². The van der Waals surface area contributed by atoms with Crippen molar-refractivity contribution in [2.45, 2.75) is 159 Å². The molecule has 17 heteroatoms. The smallest absolute Gasteiger partial charge is 0.238 e. The van der Waals surface area contributed by atoms with Crippen molar-refractivity contribution in [3.8, 4) is 11.3 Å². The van der Waals surface area contributed by atoms with Crippen LogP contribution in [0.15, 0.2) is 48.9 Å². The van der Waals surface area contributed by atoms with E-state index in [0.29, 0.717) is 90.1 Å². The Balaban J connectivity index is 0.692. The van der Waals surface area contributed by atoms with Crippen LogP contribution < -0.4 is 20.4 Å². The van der Waals surface area contributed by atoms with Gasteiger partial charge in [-0.15, -0.1) is 0 Å². The third-order valence-corrected chi connectivity index (χ3v) is 18.5. The molecule has 16 nitrogen and oxygen atoms in total. The topological polar surface area (TPSA) is 169 Å². The number of carbonyl (C=O) groups excluding carboxylic acids is 5. The highest BCUT2D eigenvalue weighted by Crippen LogP contribution is 2.53. The molecule has 1 unspecified atom stereocenters. The van der Waals surface area contributed by atoms with Gasteiger partial charge in [0.2, 0.25) is 29.5 Å². The normalized spacial score (nSPS) is 26.4. The SMILES string of the molecule is CC(C)n1cnc2cc(-c3ccc4c(c3)N(C3CC(N5CCC[C@H](F)C5)C3)C(=O)C43CCN(C(=O)C4(C)CCN(C(=O)CC5CCN(c6ccc(C7CCC(=O)NC7=O)cn6)CC5)CC4)CC3)nc(NC3CC3)c21. The number of amides is 5. The molecule has 2 aliphatic carbocycles. The van der Waals surface area contributed by atoms with Crippen LogP contribution >= 0.6 is 0 Å². The second-order valence-corrected chi connectivity index (χ2v) is 23.7. The first-order valence-corrected chi connectivity index (χ1v) is 27.9. The molecule has 0 bridgehead atoms. The van der Waals surface area contributed by atoms with Gasteiger partial charge in [0.25, 0.3) is 0 Å². The summed E-state index contributed by atoms with van der Waals surface area (Å²) in [6, 6.07) is 13.3. The highest BCUT2D eigenvalue weighted by Gasteiger charge is 2.57. The average Bonchev–Trinajstić information content (AvgIpc) is 4.07. The summed E-state index contributed by atoms with van der Waals surface area (Å²) in [5.74, 6) is 1.52. The Hall–Kier alpha value is -5.97. The predicted molar refractivity (Wildman–Crippen MR) is 280 cm³/mol. The van der Waals surface area contributed by atoms with E-state index in [-0.39, 0.29) is 59.5 Å². The Morgan fingerprint density at radius 1 is 0.851 bits per heavy atom. The summed E-state index contributed by atoms with van der Waals surface area (Å²) in [6.07, 6.45) is 13.6. The van der Waals surface area contributed by atoms with E-state index in [0.717, 1.165) is 115 Å². The van der Waals surface area contributed by atoms with Gasteiger partial charge in [-0.05, 0) is 139 Å². The number of imidazole rings is 1. The van der Waals surface area contributed by atoms with Crippen molar-refractivity contribution in [3.05, 3.63) is 60.0 Å². The van der Waals surface area contributed by atoms with E-state index >= 15 is 4.79 Å². The molecule has 1 aromatic carbocycles. The monoisotopic (exact) mass is 1010 g/mol. The third-order valence-electron chi connectivity index (χ3n) is 18.5. The molecular weight excluding hydrogens is 938 g/mol. The van der Waals surface area contributed by atoms with E-state index in [1.807, 2.05) is 28.3 Å². The number of rotatable bonds is 11. The highest BCUT2D eigenvalue weighted by atomic mass is 19.1. The maximum Gasteiger partial charge on any atom is 0.238 e. The van der Waals surface area contributed by atoms with E-state index in [1.54, 1.807) is 6.20 Å². The maximum atomic E-state index is 15.3.